The maximum atomic E-state index is 9.76. The van der Waals surface area contributed by atoms with Crippen molar-refractivity contribution in [3.8, 4) is 0 Å². The minimum absolute atomic E-state index is 0.316. The van der Waals surface area contributed by atoms with Gasteiger partial charge in [-0.15, -0.1) is 0 Å². The fourth-order valence-electron chi connectivity index (χ4n) is 1.13. The fraction of sp³-hybridized carbons (Fsp3) is 0.900. The number of hydrogen-bond donors (Lipinski definition) is 2. The second-order valence-corrected chi connectivity index (χ2v) is 3.31. The van der Waals surface area contributed by atoms with Crippen LogP contribution in [0.5, 0.6) is 0 Å². The van der Waals surface area contributed by atoms with Crippen molar-refractivity contribution in [1.82, 2.24) is 5.32 Å². The van der Waals surface area contributed by atoms with Gasteiger partial charge in [0, 0.05) is 6.42 Å². The summed E-state index contributed by atoms with van der Waals surface area (Å²) in [5, 5.41) is 11.3. The highest BCUT2D eigenvalue weighted by molar-refractivity contribution is 5.66. The highest BCUT2D eigenvalue weighted by atomic mass is 16.4. The molecule has 0 aliphatic carbocycles. The van der Waals surface area contributed by atoms with Crippen LogP contribution in [0.3, 0.4) is 0 Å². The molecule has 2 N–H and O–H groups in total. The Bertz CT molecular complexity index is 111. The first-order valence-electron chi connectivity index (χ1n) is 5.20. The van der Waals surface area contributed by atoms with Crippen molar-refractivity contribution in [1.29, 1.82) is 0 Å². The predicted molar refractivity (Wildman–Crippen MR) is 53.9 cm³/mol. The summed E-state index contributed by atoms with van der Waals surface area (Å²) in [5.41, 5.74) is 0. The molecule has 1 saturated heterocycles. The third-order valence-electron chi connectivity index (χ3n) is 1.95. The van der Waals surface area contributed by atoms with Gasteiger partial charge in [0.2, 0.25) is 0 Å². The molecule has 1 rings (SSSR count). The summed E-state index contributed by atoms with van der Waals surface area (Å²) < 4.78 is 0. The highest BCUT2D eigenvalue weighted by Crippen LogP contribution is 1.96. The molecule has 0 aromatic carbocycles. The minimum atomic E-state index is -0.693. The molecule has 0 amide bonds. The van der Waals surface area contributed by atoms with Gasteiger partial charge in [0.05, 0.1) is 0 Å². The summed E-state index contributed by atoms with van der Waals surface area (Å²) in [6.07, 6.45) is 6.30. The molecule has 1 aliphatic heterocycles. The Balaban J connectivity index is 0.000000223. The molecule has 0 aromatic rings. The number of piperidine rings is 1. The van der Waals surface area contributed by atoms with Gasteiger partial charge in [-0.25, -0.2) is 0 Å². The third-order valence-corrected chi connectivity index (χ3v) is 1.95. The number of carbonyl (C=O) groups is 1. The van der Waals surface area contributed by atoms with Gasteiger partial charge in [-0.05, 0) is 32.4 Å². The first-order chi connectivity index (χ1) is 6.27. The first-order valence-corrected chi connectivity index (χ1v) is 5.20. The van der Waals surface area contributed by atoms with Crippen LogP contribution in [0.25, 0.3) is 0 Å². The summed E-state index contributed by atoms with van der Waals surface area (Å²) >= 11 is 0. The van der Waals surface area contributed by atoms with Gasteiger partial charge in [-0.2, -0.15) is 0 Å². The Morgan fingerprint density at radius 2 is 1.92 bits per heavy atom. The topological polar surface area (TPSA) is 49.3 Å². The number of carboxylic acids is 1. The summed E-state index contributed by atoms with van der Waals surface area (Å²) in [4.78, 5) is 9.76. The molecular weight excluding hydrogens is 166 g/mol. The number of aliphatic carboxylic acids is 1. The molecule has 3 nitrogen and oxygen atoms in total. The fourth-order valence-corrected chi connectivity index (χ4v) is 1.13. The Hall–Kier alpha value is -0.570. The molecule has 1 fully saturated rings. The van der Waals surface area contributed by atoms with Crippen LogP contribution in [0.1, 0.15) is 45.4 Å². The van der Waals surface area contributed by atoms with Crippen LogP contribution in [0.4, 0.5) is 0 Å². The summed E-state index contributed by atoms with van der Waals surface area (Å²) in [7, 11) is 0. The standard InChI is InChI=1S/C5H11N.C5H10O2/c1-2-4-6-5-3-1;1-2-3-4-5(6)7/h6H,1-5H2;2-4H2,1H3,(H,6,7). The molecule has 0 aromatic heterocycles. The Labute approximate surface area is 80.5 Å². The zero-order valence-corrected chi connectivity index (χ0v) is 8.51. The molecule has 0 radical (unpaired) electrons. The van der Waals surface area contributed by atoms with E-state index in [4.69, 9.17) is 5.11 Å². The average Bonchev–Trinajstić information content (AvgIpc) is 2.18. The molecule has 13 heavy (non-hydrogen) atoms. The van der Waals surface area contributed by atoms with E-state index in [9.17, 15) is 4.79 Å². The molecule has 3 heteroatoms. The van der Waals surface area contributed by atoms with Gasteiger partial charge in [0.1, 0.15) is 0 Å². The van der Waals surface area contributed by atoms with E-state index >= 15 is 0 Å². The van der Waals surface area contributed by atoms with E-state index in [1.54, 1.807) is 0 Å². The van der Waals surface area contributed by atoms with Crippen LogP contribution in [-0.4, -0.2) is 24.2 Å². The smallest absolute Gasteiger partial charge is 0.303 e. The van der Waals surface area contributed by atoms with Crippen molar-refractivity contribution in [2.75, 3.05) is 13.1 Å². The Kier molecular flexibility index (Phi) is 9.10. The van der Waals surface area contributed by atoms with Gasteiger partial charge >= 0.3 is 5.97 Å². The lowest BCUT2D eigenvalue weighted by Crippen LogP contribution is -2.21. The molecule has 1 aliphatic rings. The van der Waals surface area contributed by atoms with Gasteiger partial charge < -0.3 is 10.4 Å². The normalized spacial score (nSPS) is 15.8. The molecular formula is C10H21NO2. The van der Waals surface area contributed by atoms with Gasteiger partial charge in [-0.1, -0.05) is 19.8 Å². The van der Waals surface area contributed by atoms with Crippen LogP contribution in [-0.2, 0) is 4.79 Å². The number of nitrogens with one attached hydrogen (secondary N) is 1. The van der Waals surface area contributed by atoms with E-state index in [0.717, 1.165) is 12.8 Å². The molecule has 1 heterocycles. The molecule has 0 atom stereocenters. The second kappa shape index (κ2) is 9.52. The van der Waals surface area contributed by atoms with E-state index < -0.39 is 5.97 Å². The van der Waals surface area contributed by atoms with Gasteiger partial charge in [-0.3, -0.25) is 4.79 Å². The van der Waals surface area contributed by atoms with Gasteiger partial charge in [0.25, 0.3) is 0 Å². The quantitative estimate of drug-likeness (QED) is 0.710. The highest BCUT2D eigenvalue weighted by Gasteiger charge is 1.93. The zero-order chi connectivity index (χ0) is 9.94. The summed E-state index contributed by atoms with van der Waals surface area (Å²) in [6, 6.07) is 0. The largest absolute Gasteiger partial charge is 0.481 e. The predicted octanol–water partition coefficient (Wildman–Crippen LogP) is 2.02. The van der Waals surface area contributed by atoms with Crippen molar-refractivity contribution in [3.05, 3.63) is 0 Å². The zero-order valence-electron chi connectivity index (χ0n) is 8.51. The van der Waals surface area contributed by atoms with Crippen LogP contribution >= 0.6 is 0 Å². The van der Waals surface area contributed by atoms with E-state index in [-0.39, 0.29) is 0 Å². The molecule has 0 unspecified atom stereocenters. The Morgan fingerprint density at radius 1 is 1.31 bits per heavy atom. The van der Waals surface area contributed by atoms with E-state index in [1.165, 1.54) is 32.4 Å². The van der Waals surface area contributed by atoms with E-state index in [2.05, 4.69) is 5.32 Å². The molecule has 0 saturated carbocycles. The lowest BCUT2D eigenvalue weighted by Gasteiger charge is -2.08. The van der Waals surface area contributed by atoms with Crippen molar-refractivity contribution < 1.29 is 9.90 Å². The van der Waals surface area contributed by atoms with Crippen molar-refractivity contribution in [2.45, 2.75) is 45.4 Å². The van der Waals surface area contributed by atoms with Crippen molar-refractivity contribution in [2.24, 2.45) is 0 Å². The van der Waals surface area contributed by atoms with E-state index in [1.807, 2.05) is 6.92 Å². The SMILES string of the molecule is C1CCNCC1.CCCCC(=O)O. The lowest BCUT2D eigenvalue weighted by atomic mass is 10.2. The van der Waals surface area contributed by atoms with Crippen LogP contribution < -0.4 is 5.32 Å². The monoisotopic (exact) mass is 187 g/mol. The summed E-state index contributed by atoms with van der Waals surface area (Å²) in [6.45, 7) is 4.48. The number of carboxylic acid groups (broad SMARTS) is 1. The van der Waals surface area contributed by atoms with Crippen molar-refractivity contribution >= 4 is 5.97 Å². The van der Waals surface area contributed by atoms with Crippen LogP contribution in [0.15, 0.2) is 0 Å². The summed E-state index contributed by atoms with van der Waals surface area (Å²) in [5.74, 6) is -0.693. The molecule has 78 valence electrons. The third kappa shape index (κ3) is 11.4. The second-order valence-electron chi connectivity index (χ2n) is 3.31. The van der Waals surface area contributed by atoms with Gasteiger partial charge in [0.15, 0.2) is 0 Å². The maximum Gasteiger partial charge on any atom is 0.303 e. The lowest BCUT2D eigenvalue weighted by molar-refractivity contribution is -0.137. The average molecular weight is 187 g/mol. The maximum absolute atomic E-state index is 9.76. The molecule has 0 spiro atoms. The first kappa shape index (κ1) is 12.4. The van der Waals surface area contributed by atoms with E-state index in [0.29, 0.717) is 6.42 Å². The molecule has 0 bridgehead atoms. The van der Waals surface area contributed by atoms with Crippen LogP contribution in [0, 0.1) is 0 Å². The number of rotatable bonds is 3. The number of unbranched alkanes of at least 4 members (excludes halogenated alkanes) is 1. The van der Waals surface area contributed by atoms with Crippen molar-refractivity contribution in [3.63, 3.8) is 0 Å². The minimum Gasteiger partial charge on any atom is -0.481 e. The van der Waals surface area contributed by atoms with Crippen LogP contribution in [0.2, 0.25) is 0 Å². The number of hydrogen-bond acceptors (Lipinski definition) is 2. The Morgan fingerprint density at radius 3 is 2.08 bits per heavy atom.